The second kappa shape index (κ2) is 6.60. The number of rotatable bonds is 5. The molecule has 1 heterocycles. The number of fused-ring (bicyclic) bond motifs is 1. The number of amides is 1. The molecule has 0 aromatic heterocycles. The summed E-state index contributed by atoms with van der Waals surface area (Å²) in [6, 6.07) is 8.24. The van der Waals surface area contributed by atoms with E-state index in [0.29, 0.717) is 6.42 Å². The van der Waals surface area contributed by atoms with E-state index in [2.05, 4.69) is 13.0 Å². The predicted octanol–water partition coefficient (Wildman–Crippen LogP) is 2.57. The molecule has 0 aliphatic carbocycles. The smallest absolute Gasteiger partial charge is 0.227 e. The number of benzene rings is 1. The first-order chi connectivity index (χ1) is 9.92. The van der Waals surface area contributed by atoms with E-state index in [1.54, 1.807) is 0 Å². The average Bonchev–Trinajstić information content (AvgIpc) is 2.44. The van der Waals surface area contributed by atoms with Gasteiger partial charge in [0.05, 0.1) is 5.75 Å². The first-order valence-corrected chi connectivity index (χ1v) is 9.56. The predicted molar refractivity (Wildman–Crippen MR) is 85.3 cm³/mol. The lowest BCUT2D eigenvalue weighted by atomic mass is 9.94. The normalized spacial score (nSPS) is 18.4. The number of nitrogens with zero attached hydrogens (tertiary/aromatic N) is 1. The molecule has 1 aliphatic rings. The van der Waals surface area contributed by atoms with Crippen molar-refractivity contribution in [1.29, 1.82) is 0 Å². The minimum Gasteiger partial charge on any atom is -0.309 e. The summed E-state index contributed by atoms with van der Waals surface area (Å²) in [7, 11) is -3.00. The third-order valence-electron chi connectivity index (χ3n) is 4.01. The molecule has 4 nitrogen and oxygen atoms in total. The molecule has 1 aliphatic heterocycles. The molecule has 0 saturated carbocycles. The van der Waals surface area contributed by atoms with Crippen LogP contribution in [-0.4, -0.2) is 32.4 Å². The highest BCUT2D eigenvalue weighted by molar-refractivity contribution is 7.90. The van der Waals surface area contributed by atoms with Crippen molar-refractivity contribution in [3.8, 4) is 0 Å². The number of para-hydroxylation sites is 1. The molecule has 1 aromatic rings. The number of carbonyl (C=O) groups is 1. The minimum atomic E-state index is -3.00. The molecule has 0 saturated heterocycles. The maximum Gasteiger partial charge on any atom is 0.227 e. The molecule has 1 aromatic carbocycles. The first-order valence-electron chi connectivity index (χ1n) is 7.50. The van der Waals surface area contributed by atoms with E-state index in [1.165, 1.54) is 11.8 Å². The third kappa shape index (κ3) is 4.06. The summed E-state index contributed by atoms with van der Waals surface area (Å²) in [6.07, 6.45) is 4.80. The van der Waals surface area contributed by atoms with Crippen LogP contribution in [0.2, 0.25) is 0 Å². The van der Waals surface area contributed by atoms with Crippen molar-refractivity contribution in [2.75, 3.05) is 16.9 Å². The summed E-state index contributed by atoms with van der Waals surface area (Å²) in [5.41, 5.74) is 2.21. The second-order valence-electron chi connectivity index (χ2n) is 5.73. The van der Waals surface area contributed by atoms with Crippen molar-refractivity contribution in [2.24, 2.45) is 0 Å². The van der Waals surface area contributed by atoms with E-state index in [-0.39, 0.29) is 24.1 Å². The first kappa shape index (κ1) is 16.0. The Morgan fingerprint density at radius 2 is 2.05 bits per heavy atom. The average molecular weight is 309 g/mol. The highest BCUT2D eigenvalue weighted by Gasteiger charge is 2.29. The van der Waals surface area contributed by atoms with E-state index < -0.39 is 9.84 Å². The van der Waals surface area contributed by atoms with Crippen molar-refractivity contribution < 1.29 is 13.2 Å². The lowest BCUT2D eigenvalue weighted by Gasteiger charge is -2.37. The molecule has 0 fully saturated rings. The van der Waals surface area contributed by atoms with Crippen molar-refractivity contribution in [3.05, 3.63) is 29.8 Å². The van der Waals surface area contributed by atoms with E-state index in [4.69, 9.17) is 0 Å². The van der Waals surface area contributed by atoms with Gasteiger partial charge < -0.3 is 4.90 Å². The van der Waals surface area contributed by atoms with Gasteiger partial charge in [-0.05, 0) is 37.3 Å². The summed E-state index contributed by atoms with van der Waals surface area (Å²) in [5, 5.41) is 0. The molecule has 2 rings (SSSR count). The Bertz CT molecular complexity index is 610. The van der Waals surface area contributed by atoms with Gasteiger partial charge in [0.15, 0.2) is 0 Å². The molecule has 5 heteroatoms. The van der Waals surface area contributed by atoms with Gasteiger partial charge in [-0.25, -0.2) is 8.42 Å². The molecule has 21 heavy (non-hydrogen) atoms. The third-order valence-corrected chi connectivity index (χ3v) is 5.04. The zero-order valence-corrected chi connectivity index (χ0v) is 13.5. The van der Waals surface area contributed by atoms with Crippen molar-refractivity contribution in [3.63, 3.8) is 0 Å². The van der Waals surface area contributed by atoms with Crippen LogP contribution in [0, 0.1) is 0 Å². The highest BCUT2D eigenvalue weighted by Crippen LogP contribution is 2.32. The second-order valence-corrected chi connectivity index (χ2v) is 7.99. The van der Waals surface area contributed by atoms with Gasteiger partial charge in [-0.1, -0.05) is 25.1 Å². The monoisotopic (exact) mass is 309 g/mol. The number of hydrogen-bond acceptors (Lipinski definition) is 3. The fourth-order valence-electron chi connectivity index (χ4n) is 2.94. The lowest BCUT2D eigenvalue weighted by Crippen LogP contribution is -2.43. The number of hydrogen-bond donors (Lipinski definition) is 0. The molecule has 1 amide bonds. The Hall–Kier alpha value is -1.36. The molecule has 1 atom stereocenters. The maximum atomic E-state index is 12.5. The highest BCUT2D eigenvalue weighted by atomic mass is 32.2. The van der Waals surface area contributed by atoms with Gasteiger partial charge >= 0.3 is 0 Å². The lowest BCUT2D eigenvalue weighted by molar-refractivity contribution is -0.119. The molecular weight excluding hydrogens is 286 g/mol. The summed E-state index contributed by atoms with van der Waals surface area (Å²) >= 11 is 0. The van der Waals surface area contributed by atoms with Gasteiger partial charge in [-0.2, -0.15) is 0 Å². The molecule has 0 radical (unpaired) electrons. The van der Waals surface area contributed by atoms with Crippen LogP contribution < -0.4 is 4.90 Å². The maximum absolute atomic E-state index is 12.5. The van der Waals surface area contributed by atoms with Crippen molar-refractivity contribution in [2.45, 2.75) is 45.1 Å². The Labute approximate surface area is 127 Å². The van der Waals surface area contributed by atoms with Crippen LogP contribution in [0.3, 0.4) is 0 Å². The topological polar surface area (TPSA) is 54.5 Å². The van der Waals surface area contributed by atoms with Gasteiger partial charge in [-0.3, -0.25) is 4.79 Å². The van der Waals surface area contributed by atoms with Crippen LogP contribution in [0.25, 0.3) is 0 Å². The van der Waals surface area contributed by atoms with E-state index in [0.717, 1.165) is 24.9 Å². The van der Waals surface area contributed by atoms with Crippen LogP contribution in [0.1, 0.15) is 38.2 Å². The van der Waals surface area contributed by atoms with Crippen LogP contribution in [0.15, 0.2) is 24.3 Å². The quantitative estimate of drug-likeness (QED) is 0.840. The molecule has 0 bridgehead atoms. The zero-order chi connectivity index (χ0) is 15.5. The fourth-order valence-corrected chi connectivity index (χ4v) is 3.60. The summed E-state index contributed by atoms with van der Waals surface area (Å²) in [4.78, 5) is 14.4. The van der Waals surface area contributed by atoms with Gasteiger partial charge in [0.1, 0.15) is 9.84 Å². The standard InChI is InChI=1S/C16H23NO3S/c1-3-14-11-10-13-7-4-5-8-15(13)17(14)16(18)9-6-12-21(2,19)20/h4-5,7-8,14H,3,6,9-12H2,1-2H3/t14-/m0/s1. The number of carbonyl (C=O) groups excluding carboxylic acids is 1. The Morgan fingerprint density at radius 1 is 1.33 bits per heavy atom. The summed E-state index contributed by atoms with van der Waals surface area (Å²) < 4.78 is 22.4. The van der Waals surface area contributed by atoms with E-state index >= 15 is 0 Å². The van der Waals surface area contributed by atoms with E-state index in [1.807, 2.05) is 23.1 Å². The van der Waals surface area contributed by atoms with Gasteiger partial charge in [0, 0.05) is 24.4 Å². The zero-order valence-electron chi connectivity index (χ0n) is 12.7. The van der Waals surface area contributed by atoms with Crippen molar-refractivity contribution in [1.82, 2.24) is 0 Å². The number of aryl methyl sites for hydroxylation is 1. The summed E-state index contributed by atoms with van der Waals surface area (Å²) in [6.45, 7) is 2.09. The van der Waals surface area contributed by atoms with Crippen molar-refractivity contribution >= 4 is 21.4 Å². The van der Waals surface area contributed by atoms with Crippen LogP contribution >= 0.6 is 0 Å². The van der Waals surface area contributed by atoms with Crippen LogP contribution in [0.5, 0.6) is 0 Å². The van der Waals surface area contributed by atoms with Crippen LogP contribution in [0.4, 0.5) is 5.69 Å². The van der Waals surface area contributed by atoms with Crippen LogP contribution in [-0.2, 0) is 21.1 Å². The summed E-state index contributed by atoms with van der Waals surface area (Å²) in [5.74, 6) is 0.114. The number of anilines is 1. The Morgan fingerprint density at radius 3 is 2.71 bits per heavy atom. The largest absolute Gasteiger partial charge is 0.309 e. The fraction of sp³-hybridized carbons (Fsp3) is 0.562. The number of sulfone groups is 1. The molecule has 0 N–H and O–H groups in total. The Kier molecular flexibility index (Phi) is 5.04. The SMILES string of the molecule is CC[C@H]1CCc2ccccc2N1C(=O)CCCS(C)(=O)=O. The molecule has 0 spiro atoms. The Balaban J connectivity index is 2.13. The molecular formula is C16H23NO3S. The van der Waals surface area contributed by atoms with Gasteiger partial charge in [0.25, 0.3) is 0 Å². The van der Waals surface area contributed by atoms with Gasteiger partial charge in [0.2, 0.25) is 5.91 Å². The minimum absolute atomic E-state index is 0.0395. The molecule has 116 valence electrons. The molecule has 0 unspecified atom stereocenters. The van der Waals surface area contributed by atoms with Gasteiger partial charge in [-0.15, -0.1) is 0 Å². The van der Waals surface area contributed by atoms with E-state index in [9.17, 15) is 13.2 Å².